The Morgan fingerprint density at radius 1 is 1.31 bits per heavy atom. The van der Waals surface area contributed by atoms with Gasteiger partial charge in [-0.15, -0.1) is 0 Å². The Hall–Kier alpha value is -1.81. The van der Waals surface area contributed by atoms with Crippen molar-refractivity contribution < 1.29 is 9.47 Å². The summed E-state index contributed by atoms with van der Waals surface area (Å²) in [5.41, 5.74) is 6.78. The van der Waals surface area contributed by atoms with E-state index in [9.17, 15) is 0 Å². The van der Waals surface area contributed by atoms with Crippen molar-refractivity contribution in [1.82, 2.24) is 4.98 Å². The van der Waals surface area contributed by atoms with E-state index >= 15 is 0 Å². The Morgan fingerprint density at radius 2 is 2.06 bits per heavy atom. The lowest BCUT2D eigenvalue weighted by Crippen LogP contribution is -2.07. The summed E-state index contributed by atoms with van der Waals surface area (Å²) < 4.78 is 10.7. The highest BCUT2D eigenvalue weighted by molar-refractivity contribution is 5.88. The Kier molecular flexibility index (Phi) is 1.97. The number of rotatable bonds is 1. The van der Waals surface area contributed by atoms with Crippen molar-refractivity contribution >= 4 is 10.8 Å². The van der Waals surface area contributed by atoms with Gasteiger partial charge in [-0.2, -0.15) is 0 Å². The van der Waals surface area contributed by atoms with Gasteiger partial charge in [0, 0.05) is 17.6 Å². The van der Waals surface area contributed by atoms with Crippen molar-refractivity contribution in [3.63, 3.8) is 0 Å². The lowest BCUT2D eigenvalue weighted by Gasteiger charge is -2.09. The molecule has 1 unspecified atom stereocenters. The molecule has 16 heavy (non-hydrogen) atoms. The third kappa shape index (κ3) is 1.31. The molecular weight excluding hydrogens is 204 g/mol. The van der Waals surface area contributed by atoms with Crippen LogP contribution in [0.4, 0.5) is 0 Å². The van der Waals surface area contributed by atoms with E-state index in [4.69, 9.17) is 15.2 Å². The van der Waals surface area contributed by atoms with Gasteiger partial charge in [0.2, 0.25) is 6.79 Å². The zero-order valence-corrected chi connectivity index (χ0v) is 8.93. The summed E-state index contributed by atoms with van der Waals surface area (Å²) in [7, 11) is 0. The van der Waals surface area contributed by atoms with Crippen LogP contribution in [0.5, 0.6) is 11.5 Å². The number of hydrogen-bond donors (Lipinski definition) is 1. The topological polar surface area (TPSA) is 57.4 Å². The molecule has 4 heteroatoms. The molecule has 0 saturated carbocycles. The number of nitrogens with zero attached hydrogens (tertiary/aromatic N) is 1. The van der Waals surface area contributed by atoms with Gasteiger partial charge in [-0.25, -0.2) is 0 Å². The number of fused-ring (bicyclic) bond motifs is 2. The minimum absolute atomic E-state index is 0.0935. The number of benzene rings is 1. The fourth-order valence-corrected chi connectivity index (χ4v) is 1.95. The molecule has 0 fully saturated rings. The quantitative estimate of drug-likeness (QED) is 0.791. The third-order valence-electron chi connectivity index (χ3n) is 2.72. The Morgan fingerprint density at radius 3 is 2.81 bits per heavy atom. The normalized spacial score (nSPS) is 15.4. The smallest absolute Gasteiger partial charge is 0.231 e. The number of hydrogen-bond acceptors (Lipinski definition) is 4. The Bertz CT molecular complexity index is 552. The van der Waals surface area contributed by atoms with Crippen LogP contribution < -0.4 is 15.2 Å². The first-order chi connectivity index (χ1) is 7.75. The maximum absolute atomic E-state index is 5.89. The molecule has 0 radical (unpaired) electrons. The van der Waals surface area contributed by atoms with Gasteiger partial charge in [-0.3, -0.25) is 4.98 Å². The molecule has 82 valence electrons. The number of aromatic nitrogens is 1. The average Bonchev–Trinajstić information content (AvgIpc) is 2.71. The van der Waals surface area contributed by atoms with Crippen LogP contribution in [0.3, 0.4) is 0 Å². The predicted molar refractivity (Wildman–Crippen MR) is 60.5 cm³/mol. The number of nitrogens with two attached hydrogens (primary N) is 1. The van der Waals surface area contributed by atoms with Crippen molar-refractivity contribution in [3.05, 3.63) is 30.1 Å². The molecule has 0 spiro atoms. The van der Waals surface area contributed by atoms with E-state index in [1.807, 2.05) is 25.1 Å². The van der Waals surface area contributed by atoms with E-state index in [0.717, 1.165) is 28.0 Å². The van der Waals surface area contributed by atoms with E-state index in [0.29, 0.717) is 0 Å². The second-order valence-electron chi connectivity index (χ2n) is 3.91. The number of pyridine rings is 1. The zero-order chi connectivity index (χ0) is 11.1. The molecular formula is C12H12N2O2. The van der Waals surface area contributed by atoms with Gasteiger partial charge in [0.15, 0.2) is 11.5 Å². The van der Waals surface area contributed by atoms with Gasteiger partial charge < -0.3 is 15.2 Å². The minimum Gasteiger partial charge on any atom is -0.454 e. The molecule has 1 atom stereocenters. The van der Waals surface area contributed by atoms with Crippen molar-refractivity contribution in [2.75, 3.05) is 6.79 Å². The lowest BCUT2D eigenvalue weighted by molar-refractivity contribution is 0.174. The van der Waals surface area contributed by atoms with Crippen LogP contribution in [0.1, 0.15) is 18.7 Å². The molecule has 1 aromatic heterocycles. The van der Waals surface area contributed by atoms with E-state index in [2.05, 4.69) is 4.98 Å². The monoisotopic (exact) mass is 216 g/mol. The zero-order valence-electron chi connectivity index (χ0n) is 8.93. The molecule has 3 rings (SSSR count). The second-order valence-corrected chi connectivity index (χ2v) is 3.91. The summed E-state index contributed by atoms with van der Waals surface area (Å²) in [6, 6.07) is 5.77. The maximum atomic E-state index is 5.89. The highest BCUT2D eigenvalue weighted by Crippen LogP contribution is 2.37. The van der Waals surface area contributed by atoms with Crippen LogP contribution in [0.25, 0.3) is 10.8 Å². The largest absolute Gasteiger partial charge is 0.454 e. The highest BCUT2D eigenvalue weighted by Gasteiger charge is 2.16. The molecule has 1 aliphatic heterocycles. The first-order valence-corrected chi connectivity index (χ1v) is 5.19. The first-order valence-electron chi connectivity index (χ1n) is 5.19. The molecule has 2 aromatic rings. The van der Waals surface area contributed by atoms with Gasteiger partial charge in [-0.1, -0.05) is 0 Å². The predicted octanol–water partition coefficient (Wildman–Crippen LogP) is 1.98. The number of ether oxygens (including phenoxy) is 2. The van der Waals surface area contributed by atoms with E-state index < -0.39 is 0 Å². The molecule has 4 nitrogen and oxygen atoms in total. The molecule has 1 aliphatic rings. The summed E-state index contributed by atoms with van der Waals surface area (Å²) in [5.74, 6) is 1.55. The summed E-state index contributed by atoms with van der Waals surface area (Å²) in [4.78, 5) is 4.31. The van der Waals surface area contributed by atoms with Gasteiger partial charge in [0.1, 0.15) is 0 Å². The summed E-state index contributed by atoms with van der Waals surface area (Å²) in [6.07, 6.45) is 1.77. The van der Waals surface area contributed by atoms with Crippen LogP contribution in [0.2, 0.25) is 0 Å². The molecule has 2 N–H and O–H groups in total. The standard InChI is InChI=1S/C12H12N2O2/c1-7(13)12-9-5-11-10(15-6-16-11)4-8(9)2-3-14-12/h2-5,7H,6,13H2,1H3. The van der Waals surface area contributed by atoms with E-state index in [1.165, 1.54) is 0 Å². The summed E-state index contributed by atoms with van der Waals surface area (Å²) in [6.45, 7) is 2.21. The molecule has 2 heterocycles. The maximum Gasteiger partial charge on any atom is 0.231 e. The van der Waals surface area contributed by atoms with Crippen molar-refractivity contribution in [2.45, 2.75) is 13.0 Å². The van der Waals surface area contributed by atoms with Gasteiger partial charge in [0.25, 0.3) is 0 Å². The van der Waals surface area contributed by atoms with Gasteiger partial charge in [-0.05, 0) is 30.5 Å². The first kappa shape index (κ1) is 9.42. The van der Waals surface area contributed by atoms with Crippen LogP contribution >= 0.6 is 0 Å². The van der Waals surface area contributed by atoms with E-state index in [-0.39, 0.29) is 12.8 Å². The van der Waals surface area contributed by atoms with Crippen molar-refractivity contribution in [3.8, 4) is 11.5 Å². The van der Waals surface area contributed by atoms with Crippen molar-refractivity contribution in [2.24, 2.45) is 5.73 Å². The minimum atomic E-state index is -0.0935. The SMILES string of the molecule is CC(N)c1nccc2cc3c(cc12)OCO3. The fraction of sp³-hybridized carbons (Fsp3) is 0.250. The second kappa shape index (κ2) is 3.35. The molecule has 0 bridgehead atoms. The summed E-state index contributed by atoms with van der Waals surface area (Å²) in [5, 5.41) is 2.10. The van der Waals surface area contributed by atoms with Gasteiger partial charge >= 0.3 is 0 Å². The fourth-order valence-electron chi connectivity index (χ4n) is 1.95. The Labute approximate surface area is 93.0 Å². The van der Waals surface area contributed by atoms with E-state index in [1.54, 1.807) is 6.20 Å². The van der Waals surface area contributed by atoms with Crippen LogP contribution in [0, 0.1) is 0 Å². The Balaban J connectivity index is 2.31. The molecule has 0 aliphatic carbocycles. The molecule has 1 aromatic carbocycles. The highest BCUT2D eigenvalue weighted by atomic mass is 16.7. The summed E-state index contributed by atoms with van der Waals surface area (Å²) >= 11 is 0. The van der Waals surface area contributed by atoms with Crippen molar-refractivity contribution in [1.29, 1.82) is 0 Å². The lowest BCUT2D eigenvalue weighted by atomic mass is 10.1. The van der Waals surface area contributed by atoms with Gasteiger partial charge in [0.05, 0.1) is 5.69 Å². The van der Waals surface area contributed by atoms with Crippen LogP contribution in [-0.4, -0.2) is 11.8 Å². The average molecular weight is 216 g/mol. The third-order valence-corrected chi connectivity index (χ3v) is 2.72. The molecule has 0 amide bonds. The van der Waals surface area contributed by atoms with Crippen LogP contribution in [0.15, 0.2) is 24.4 Å². The molecule has 0 saturated heterocycles. The van der Waals surface area contributed by atoms with Crippen LogP contribution in [-0.2, 0) is 0 Å².